The van der Waals surface area contributed by atoms with Crippen LogP contribution in [-0.2, 0) is 19.1 Å². The molecule has 0 aromatic rings. The van der Waals surface area contributed by atoms with Crippen LogP contribution < -0.4 is 5.32 Å². The lowest BCUT2D eigenvalue weighted by Crippen LogP contribution is -2.63. The second kappa shape index (κ2) is 9.42. The molecule has 8 heteroatoms. The Morgan fingerprint density at radius 3 is 2.73 bits per heavy atom. The van der Waals surface area contributed by atoms with E-state index >= 15 is 4.39 Å². The third-order valence-corrected chi connectivity index (χ3v) is 10.9. The molecule has 1 heterocycles. The number of alkyl halides is 1. The van der Waals surface area contributed by atoms with Gasteiger partial charge in [-0.05, 0) is 68.6 Å². The van der Waals surface area contributed by atoms with Gasteiger partial charge in [-0.15, -0.1) is 0 Å². The molecule has 37 heavy (non-hydrogen) atoms. The summed E-state index contributed by atoms with van der Waals surface area (Å²) in [5, 5.41) is 14.4. The summed E-state index contributed by atoms with van der Waals surface area (Å²) in [5.74, 6) is -0.365. The van der Waals surface area contributed by atoms with Crippen LogP contribution in [0.1, 0.15) is 66.2 Å². The highest BCUT2D eigenvalue weighted by Gasteiger charge is 2.84. The lowest BCUT2D eigenvalue weighted by molar-refractivity contribution is -0.230. The molecule has 1 saturated heterocycles. The van der Waals surface area contributed by atoms with E-state index in [1.165, 1.54) is 0 Å². The number of allylic oxidation sites excluding steroid dienone is 1. The zero-order chi connectivity index (χ0) is 26.9. The zero-order valence-corrected chi connectivity index (χ0v) is 23.1. The van der Waals surface area contributed by atoms with Gasteiger partial charge in [0.25, 0.3) is 0 Å². The minimum atomic E-state index is -1.60. The average molecular weight is 538 g/mol. The molecule has 0 radical (unpaired) electrons. The molecule has 1 unspecified atom stereocenters. The summed E-state index contributed by atoms with van der Waals surface area (Å²) in [6, 6.07) is -0.235. The Hall–Kier alpha value is -1.28. The summed E-state index contributed by atoms with van der Waals surface area (Å²) in [6.45, 7) is 11.9. The lowest BCUT2D eigenvalue weighted by Gasteiger charge is -2.58. The smallest absolute Gasteiger partial charge is 0.315 e. The van der Waals surface area contributed by atoms with Crippen molar-refractivity contribution in [2.24, 2.45) is 45.8 Å². The van der Waals surface area contributed by atoms with Crippen LogP contribution in [-0.4, -0.2) is 48.7 Å². The minimum Gasteiger partial charge on any atom is -0.481 e. The van der Waals surface area contributed by atoms with Crippen LogP contribution >= 0.6 is 11.6 Å². The third-order valence-electron chi connectivity index (χ3n) is 10.7. The SMILES string of the molecule is C=C(Cl)CC1C[C@@H](C)O[C@@H](OC[C@@]23C[C@@H]4[C@H](C)CC[C@H]4[C@@]4(C=O)C[C@@H]2C=C(C(C)C)[C@@]34C(=O)O)[C@H](F)N1. The van der Waals surface area contributed by atoms with Crippen molar-refractivity contribution in [2.75, 3.05) is 6.61 Å². The van der Waals surface area contributed by atoms with Gasteiger partial charge in [-0.1, -0.05) is 57.0 Å². The number of ether oxygens (including phenoxy) is 2. The Morgan fingerprint density at radius 1 is 1.38 bits per heavy atom. The number of rotatable bonds is 8. The average Bonchev–Trinajstić information content (AvgIpc) is 3.34. The predicted molar refractivity (Wildman–Crippen MR) is 138 cm³/mol. The fourth-order valence-electron chi connectivity index (χ4n) is 9.52. The molecule has 1 aliphatic heterocycles. The van der Waals surface area contributed by atoms with E-state index in [0.717, 1.165) is 24.7 Å². The Labute approximate surface area is 224 Å². The highest BCUT2D eigenvalue weighted by Crippen LogP contribution is 2.82. The predicted octanol–water partition coefficient (Wildman–Crippen LogP) is 5.46. The Morgan fingerprint density at radius 2 is 2.11 bits per heavy atom. The maximum absolute atomic E-state index is 15.4. The second-order valence-corrected chi connectivity index (χ2v) is 13.4. The molecule has 4 fully saturated rings. The molecule has 0 aromatic carbocycles. The van der Waals surface area contributed by atoms with Crippen molar-refractivity contribution in [2.45, 2.75) is 91.0 Å². The quantitative estimate of drug-likeness (QED) is 0.243. The maximum atomic E-state index is 15.4. The van der Waals surface area contributed by atoms with Crippen molar-refractivity contribution >= 4 is 23.9 Å². The number of hydrogen-bond donors (Lipinski definition) is 2. The summed E-state index contributed by atoms with van der Waals surface area (Å²) in [7, 11) is 0. The third kappa shape index (κ3) is 3.66. The van der Waals surface area contributed by atoms with Crippen LogP contribution in [0.5, 0.6) is 0 Å². The van der Waals surface area contributed by atoms with Crippen molar-refractivity contribution in [3.05, 3.63) is 23.3 Å². The normalized spacial score (nSPS) is 48.5. The standard InChI is InChI=1S/C29H41ClFNO5/c1-15(2)23-10-19-11-27(13-33)22-7-6-16(3)21(22)12-28(19,29(23,27)26(34)35)14-36-25-24(31)32-20(8-17(4)30)9-18(5)37-25/h10,13,15-16,18-22,24-25,32H,4,6-9,11-12,14H2,1-3,5H3,(H,34,35)/t16-,18-,19+,20?,21-,22-,24-,25-,27+,28+,29+/m1/s1. The first-order chi connectivity index (χ1) is 17.4. The minimum absolute atomic E-state index is 0.0235. The zero-order valence-electron chi connectivity index (χ0n) is 22.3. The van der Waals surface area contributed by atoms with Crippen LogP contribution in [0.2, 0.25) is 0 Å². The number of carboxylic acid groups (broad SMARTS) is 1. The van der Waals surface area contributed by atoms with E-state index < -0.39 is 34.8 Å². The van der Waals surface area contributed by atoms with Crippen molar-refractivity contribution in [3.8, 4) is 0 Å². The van der Waals surface area contributed by atoms with Gasteiger partial charge in [-0.25, -0.2) is 4.39 Å². The molecule has 0 amide bonds. The topological polar surface area (TPSA) is 84.9 Å². The molecule has 4 aliphatic carbocycles. The molecule has 6 nitrogen and oxygen atoms in total. The van der Waals surface area contributed by atoms with Crippen LogP contribution in [0.25, 0.3) is 0 Å². The number of fused-ring (bicyclic) bond motifs is 2. The van der Waals surface area contributed by atoms with Gasteiger partial charge in [0.15, 0.2) is 0 Å². The molecular formula is C29H41ClFNO5. The van der Waals surface area contributed by atoms with Gasteiger partial charge in [0, 0.05) is 16.5 Å². The number of carboxylic acids is 1. The molecule has 206 valence electrons. The first kappa shape index (κ1) is 27.3. The van der Waals surface area contributed by atoms with Crippen molar-refractivity contribution in [1.82, 2.24) is 5.32 Å². The molecule has 11 atom stereocenters. The van der Waals surface area contributed by atoms with E-state index in [1.54, 1.807) is 0 Å². The summed E-state index contributed by atoms with van der Waals surface area (Å²) in [4.78, 5) is 26.6. The van der Waals surface area contributed by atoms with E-state index in [0.29, 0.717) is 36.6 Å². The van der Waals surface area contributed by atoms with Crippen molar-refractivity contribution in [1.29, 1.82) is 0 Å². The van der Waals surface area contributed by atoms with Gasteiger partial charge in [0.2, 0.25) is 12.6 Å². The maximum Gasteiger partial charge on any atom is 0.315 e. The Kier molecular flexibility index (Phi) is 6.95. The summed E-state index contributed by atoms with van der Waals surface area (Å²) < 4.78 is 27.7. The van der Waals surface area contributed by atoms with Crippen LogP contribution in [0.3, 0.4) is 0 Å². The fourth-order valence-corrected chi connectivity index (χ4v) is 9.71. The molecule has 2 N–H and O–H groups in total. The van der Waals surface area contributed by atoms with E-state index in [1.807, 2.05) is 20.8 Å². The number of carbonyl (C=O) groups is 2. The van der Waals surface area contributed by atoms with E-state index in [2.05, 4.69) is 24.9 Å². The summed E-state index contributed by atoms with van der Waals surface area (Å²) in [6.07, 6.45) is 4.08. The van der Waals surface area contributed by atoms with Gasteiger partial charge < -0.3 is 19.4 Å². The molecule has 5 aliphatic rings. The van der Waals surface area contributed by atoms with Gasteiger partial charge in [0.05, 0.1) is 18.1 Å². The van der Waals surface area contributed by atoms with Crippen LogP contribution in [0.4, 0.5) is 4.39 Å². The molecule has 4 bridgehead atoms. The van der Waals surface area contributed by atoms with Crippen molar-refractivity contribution in [3.63, 3.8) is 0 Å². The number of aldehydes is 1. The summed E-state index contributed by atoms with van der Waals surface area (Å²) in [5.41, 5.74) is -2.29. The monoisotopic (exact) mass is 537 g/mol. The lowest BCUT2D eigenvalue weighted by atomic mass is 9.43. The number of hydrogen-bond acceptors (Lipinski definition) is 5. The van der Waals surface area contributed by atoms with E-state index in [9.17, 15) is 14.7 Å². The Balaban J connectivity index is 1.52. The largest absolute Gasteiger partial charge is 0.481 e. The number of halogens is 2. The van der Waals surface area contributed by atoms with Crippen LogP contribution in [0, 0.1) is 45.8 Å². The first-order valence-corrected chi connectivity index (χ1v) is 14.2. The fraction of sp³-hybridized carbons (Fsp3) is 0.793. The van der Waals surface area contributed by atoms with Gasteiger partial charge in [-0.2, -0.15) is 0 Å². The van der Waals surface area contributed by atoms with Gasteiger partial charge >= 0.3 is 5.97 Å². The first-order valence-electron chi connectivity index (χ1n) is 13.9. The Bertz CT molecular complexity index is 1000. The number of carbonyl (C=O) groups excluding carboxylic acids is 1. The highest BCUT2D eigenvalue weighted by molar-refractivity contribution is 6.29. The molecular weight excluding hydrogens is 497 g/mol. The second-order valence-electron chi connectivity index (χ2n) is 12.8. The number of nitrogens with one attached hydrogen (secondary N) is 1. The van der Waals surface area contributed by atoms with E-state index in [4.69, 9.17) is 21.1 Å². The highest BCUT2D eigenvalue weighted by atomic mass is 35.5. The van der Waals surface area contributed by atoms with Crippen LogP contribution in [0.15, 0.2) is 23.3 Å². The van der Waals surface area contributed by atoms with Gasteiger partial charge in [-0.3, -0.25) is 10.1 Å². The van der Waals surface area contributed by atoms with E-state index in [-0.39, 0.29) is 42.4 Å². The molecule has 3 saturated carbocycles. The van der Waals surface area contributed by atoms with Crippen molar-refractivity contribution < 1.29 is 28.6 Å². The molecule has 5 rings (SSSR count). The molecule has 0 spiro atoms. The summed E-state index contributed by atoms with van der Waals surface area (Å²) >= 11 is 5.99. The molecule has 0 aromatic heterocycles. The number of aliphatic carboxylic acids is 1. The van der Waals surface area contributed by atoms with Gasteiger partial charge in [0.1, 0.15) is 11.7 Å².